The molecule has 0 unspecified atom stereocenters. The van der Waals surface area contributed by atoms with Gasteiger partial charge in [0.1, 0.15) is 5.60 Å². The Balaban J connectivity index is 4.70. The first-order chi connectivity index (χ1) is 7.13. The van der Waals surface area contributed by atoms with Gasteiger partial charge in [-0.15, -0.1) is 0 Å². The Hall–Kier alpha value is -0.750. The topological polar surface area (TPSA) is 78.3 Å². The summed E-state index contributed by atoms with van der Waals surface area (Å²) in [6.07, 6.45) is -2.90. The molecule has 16 heavy (non-hydrogen) atoms. The summed E-state index contributed by atoms with van der Waals surface area (Å²) in [6.45, 7) is 4.99. The van der Waals surface area contributed by atoms with Gasteiger partial charge in [0.05, 0.1) is 0 Å². The zero-order valence-corrected chi connectivity index (χ0v) is 9.93. The third-order valence-electron chi connectivity index (χ3n) is 1.96. The fraction of sp³-hybridized carbons (Fsp3) is 0.900. The lowest BCUT2D eigenvalue weighted by Crippen LogP contribution is -2.56. The number of carbonyl (C=O) groups is 1. The second-order valence-corrected chi connectivity index (χ2v) is 4.74. The highest BCUT2D eigenvalue weighted by Crippen LogP contribution is 2.23. The zero-order chi connectivity index (χ0) is 13.0. The lowest BCUT2D eigenvalue weighted by Gasteiger charge is -2.30. The first-order valence-electron chi connectivity index (χ1n) is 5.14. The van der Waals surface area contributed by atoms with Gasteiger partial charge in [-0.1, -0.05) is 0 Å². The minimum Gasteiger partial charge on any atom is -0.458 e. The summed E-state index contributed by atoms with van der Waals surface area (Å²) in [5.74, 6) is -1.08. The summed E-state index contributed by atoms with van der Waals surface area (Å²) >= 11 is 0. The van der Waals surface area contributed by atoms with Crippen LogP contribution in [-0.2, 0) is 9.53 Å². The Kier molecular flexibility index (Phi) is 5.28. The summed E-state index contributed by atoms with van der Waals surface area (Å²) in [5, 5.41) is 0. The van der Waals surface area contributed by atoms with Gasteiger partial charge < -0.3 is 16.2 Å². The van der Waals surface area contributed by atoms with Crippen LogP contribution in [0.1, 0.15) is 33.6 Å². The van der Waals surface area contributed by atoms with E-state index in [1.807, 2.05) is 0 Å². The van der Waals surface area contributed by atoms with E-state index in [9.17, 15) is 13.6 Å². The van der Waals surface area contributed by atoms with Crippen LogP contribution in [0.4, 0.5) is 8.78 Å². The van der Waals surface area contributed by atoms with Crippen molar-refractivity contribution in [2.75, 3.05) is 6.54 Å². The molecule has 0 saturated carbocycles. The monoisotopic (exact) mass is 238 g/mol. The van der Waals surface area contributed by atoms with Gasteiger partial charge in [0.2, 0.25) is 0 Å². The van der Waals surface area contributed by atoms with Crippen LogP contribution in [0.5, 0.6) is 0 Å². The van der Waals surface area contributed by atoms with E-state index in [-0.39, 0.29) is 19.4 Å². The van der Waals surface area contributed by atoms with E-state index in [0.717, 1.165) is 0 Å². The van der Waals surface area contributed by atoms with Crippen LogP contribution in [0.3, 0.4) is 0 Å². The van der Waals surface area contributed by atoms with Crippen LogP contribution in [0.25, 0.3) is 0 Å². The molecule has 0 aliphatic heterocycles. The van der Waals surface area contributed by atoms with Crippen molar-refractivity contribution in [2.45, 2.75) is 51.2 Å². The molecular weight excluding hydrogens is 218 g/mol. The van der Waals surface area contributed by atoms with E-state index in [2.05, 4.69) is 0 Å². The number of carbonyl (C=O) groups excluding carboxylic acids is 1. The fourth-order valence-corrected chi connectivity index (χ4v) is 1.07. The van der Waals surface area contributed by atoms with Crippen molar-refractivity contribution >= 4 is 5.97 Å². The van der Waals surface area contributed by atoms with Gasteiger partial charge in [-0.05, 0) is 40.2 Å². The third-order valence-corrected chi connectivity index (χ3v) is 1.96. The van der Waals surface area contributed by atoms with E-state index < -0.39 is 23.5 Å². The number of hydrogen-bond acceptors (Lipinski definition) is 4. The molecule has 0 radical (unpaired) electrons. The zero-order valence-electron chi connectivity index (χ0n) is 9.93. The first-order valence-corrected chi connectivity index (χ1v) is 5.14. The summed E-state index contributed by atoms with van der Waals surface area (Å²) in [6, 6.07) is 0. The smallest absolute Gasteiger partial charge is 0.332 e. The largest absolute Gasteiger partial charge is 0.458 e. The van der Waals surface area contributed by atoms with E-state index in [1.165, 1.54) is 0 Å². The van der Waals surface area contributed by atoms with Gasteiger partial charge >= 0.3 is 5.97 Å². The minimum atomic E-state index is -2.96. The predicted octanol–water partition coefficient (Wildman–Crippen LogP) is 1.03. The van der Waals surface area contributed by atoms with Gasteiger partial charge in [-0.25, -0.2) is 13.6 Å². The normalized spacial score (nSPS) is 16.0. The molecule has 0 bridgehead atoms. The third kappa shape index (κ3) is 4.40. The molecule has 0 aromatic rings. The van der Waals surface area contributed by atoms with Gasteiger partial charge in [0.15, 0.2) is 5.54 Å². The number of halogens is 2. The second kappa shape index (κ2) is 5.54. The molecule has 4 N–H and O–H groups in total. The minimum absolute atomic E-state index is 0.184. The number of ether oxygens (including phenoxy) is 1. The lowest BCUT2D eigenvalue weighted by molar-refractivity contribution is -0.168. The van der Waals surface area contributed by atoms with E-state index in [1.54, 1.807) is 20.8 Å². The molecule has 0 heterocycles. The molecule has 0 aromatic carbocycles. The SMILES string of the molecule is CC(C)(C)OC(=O)[C@@](N)(CCCN)C(F)F. The molecule has 0 amide bonds. The molecule has 96 valence electrons. The van der Waals surface area contributed by atoms with Gasteiger partial charge in [0, 0.05) is 0 Å². The molecule has 6 heteroatoms. The molecular formula is C10H20F2N2O2. The highest BCUT2D eigenvalue weighted by molar-refractivity contribution is 5.81. The van der Waals surface area contributed by atoms with Crippen LogP contribution in [0.15, 0.2) is 0 Å². The van der Waals surface area contributed by atoms with Crippen molar-refractivity contribution in [1.29, 1.82) is 0 Å². The Morgan fingerprint density at radius 3 is 2.19 bits per heavy atom. The maximum Gasteiger partial charge on any atom is 0.332 e. The molecule has 0 spiro atoms. The maximum atomic E-state index is 12.8. The molecule has 0 rings (SSSR count). The Morgan fingerprint density at radius 1 is 1.38 bits per heavy atom. The van der Waals surface area contributed by atoms with Crippen LogP contribution < -0.4 is 11.5 Å². The van der Waals surface area contributed by atoms with Crippen molar-refractivity contribution in [1.82, 2.24) is 0 Å². The van der Waals surface area contributed by atoms with Crippen molar-refractivity contribution in [3.05, 3.63) is 0 Å². The molecule has 0 aliphatic carbocycles. The number of esters is 1. The van der Waals surface area contributed by atoms with E-state index in [4.69, 9.17) is 16.2 Å². The van der Waals surface area contributed by atoms with Crippen molar-refractivity contribution < 1.29 is 18.3 Å². The average Bonchev–Trinajstić information content (AvgIpc) is 2.10. The molecule has 0 aliphatic rings. The number of nitrogens with two attached hydrogens (primary N) is 2. The van der Waals surface area contributed by atoms with Crippen molar-refractivity contribution in [3.63, 3.8) is 0 Å². The van der Waals surface area contributed by atoms with E-state index in [0.29, 0.717) is 0 Å². The maximum absolute atomic E-state index is 12.8. The van der Waals surface area contributed by atoms with Gasteiger partial charge in [-0.2, -0.15) is 0 Å². The molecule has 1 atom stereocenters. The van der Waals surface area contributed by atoms with Crippen LogP contribution in [0.2, 0.25) is 0 Å². The Morgan fingerprint density at radius 2 is 1.88 bits per heavy atom. The Labute approximate surface area is 94.3 Å². The molecule has 0 fully saturated rings. The van der Waals surface area contributed by atoms with Gasteiger partial charge in [-0.3, -0.25) is 0 Å². The lowest BCUT2D eigenvalue weighted by atomic mass is 9.95. The Bertz CT molecular complexity index is 241. The highest BCUT2D eigenvalue weighted by Gasteiger charge is 2.45. The summed E-state index contributed by atoms with van der Waals surface area (Å²) in [5.41, 5.74) is 7.52. The number of alkyl halides is 2. The predicted molar refractivity (Wildman–Crippen MR) is 57.1 cm³/mol. The van der Waals surface area contributed by atoms with Gasteiger partial charge in [0.25, 0.3) is 6.43 Å². The van der Waals surface area contributed by atoms with Crippen molar-refractivity contribution in [2.24, 2.45) is 11.5 Å². The average molecular weight is 238 g/mol. The number of hydrogen-bond donors (Lipinski definition) is 2. The van der Waals surface area contributed by atoms with E-state index >= 15 is 0 Å². The first kappa shape index (κ1) is 15.2. The second-order valence-electron chi connectivity index (χ2n) is 4.74. The molecule has 0 aromatic heterocycles. The fourth-order valence-electron chi connectivity index (χ4n) is 1.07. The summed E-state index contributed by atoms with van der Waals surface area (Å²) in [4.78, 5) is 11.6. The van der Waals surface area contributed by atoms with Crippen LogP contribution in [-0.4, -0.2) is 30.1 Å². The quantitative estimate of drug-likeness (QED) is 0.701. The molecule has 0 saturated heterocycles. The standard InChI is InChI=1S/C10H20F2N2O2/c1-9(2,3)16-8(15)10(14,7(11)12)5-4-6-13/h7H,4-6,13-14H2,1-3H3/t10-/m1/s1. The van der Waals surface area contributed by atoms with Crippen LogP contribution >= 0.6 is 0 Å². The molecule has 4 nitrogen and oxygen atoms in total. The summed E-state index contributed by atoms with van der Waals surface area (Å²) < 4.78 is 30.4. The summed E-state index contributed by atoms with van der Waals surface area (Å²) in [7, 11) is 0. The highest BCUT2D eigenvalue weighted by atomic mass is 19.3. The van der Waals surface area contributed by atoms with Crippen LogP contribution in [0, 0.1) is 0 Å². The number of rotatable bonds is 5. The van der Waals surface area contributed by atoms with Crippen molar-refractivity contribution in [3.8, 4) is 0 Å².